The third-order valence-corrected chi connectivity index (χ3v) is 5.36. The first-order valence-electron chi connectivity index (χ1n) is 6.86. The molecule has 0 saturated carbocycles. The first kappa shape index (κ1) is 17.5. The van der Waals surface area contributed by atoms with E-state index in [1.807, 2.05) is 0 Å². The Morgan fingerprint density at radius 1 is 1.00 bits per heavy atom. The van der Waals surface area contributed by atoms with Crippen molar-refractivity contribution in [3.63, 3.8) is 0 Å². The molecule has 0 radical (unpaired) electrons. The summed E-state index contributed by atoms with van der Waals surface area (Å²) in [4.78, 5) is 11.4. The number of rotatable bonds is 4. The molecule has 2 N–H and O–H groups in total. The van der Waals surface area contributed by atoms with E-state index in [-0.39, 0.29) is 10.8 Å². The van der Waals surface area contributed by atoms with Crippen molar-refractivity contribution in [1.82, 2.24) is 0 Å². The average Bonchev–Trinajstić information content (AvgIpc) is 2.39. The van der Waals surface area contributed by atoms with Gasteiger partial charge >= 0.3 is 0 Å². The predicted octanol–water partition coefficient (Wildman–Crippen LogP) is 3.83. The smallest absolute Gasteiger partial charge is 0.262 e. The summed E-state index contributed by atoms with van der Waals surface area (Å²) < 4.78 is 28.7. The molecule has 2 aromatic carbocycles. The molecule has 0 aromatic heterocycles. The van der Waals surface area contributed by atoms with Crippen LogP contribution in [0.4, 0.5) is 11.4 Å². The fraction of sp³-hybridized carbons (Fsp3) is 0.188. The Hall–Kier alpha value is -1.86. The molecule has 2 aromatic rings. The molecule has 0 saturated heterocycles. The number of aryl methyl sites for hydroxylation is 2. The zero-order valence-corrected chi connectivity index (χ0v) is 15.4. The minimum atomic E-state index is -3.71. The molecule has 0 spiro atoms. The van der Waals surface area contributed by atoms with Gasteiger partial charge in [-0.1, -0.05) is 15.9 Å². The van der Waals surface area contributed by atoms with Crippen molar-refractivity contribution in [2.45, 2.75) is 25.7 Å². The lowest BCUT2D eigenvalue weighted by Crippen LogP contribution is -2.16. The van der Waals surface area contributed by atoms with Crippen molar-refractivity contribution in [2.24, 2.45) is 0 Å². The fourth-order valence-corrected chi connectivity index (χ4v) is 4.15. The van der Waals surface area contributed by atoms with Crippen LogP contribution in [0.5, 0.6) is 0 Å². The number of amides is 1. The Morgan fingerprint density at radius 3 is 2.00 bits per heavy atom. The summed E-state index contributed by atoms with van der Waals surface area (Å²) in [6, 6.07) is 10.2. The van der Waals surface area contributed by atoms with Gasteiger partial charge in [0, 0.05) is 22.8 Å². The van der Waals surface area contributed by atoms with Gasteiger partial charge in [0.2, 0.25) is 5.91 Å². The standard InChI is InChI=1S/C16H17BrN2O3S/c1-10-8-15(18-12(3)20)9-11(2)16(10)23(21,22)19-14-6-4-13(17)5-7-14/h4-9,19H,1-3H3,(H,18,20). The summed E-state index contributed by atoms with van der Waals surface area (Å²) in [7, 11) is -3.71. The maximum absolute atomic E-state index is 12.7. The Labute approximate surface area is 144 Å². The Morgan fingerprint density at radius 2 is 1.52 bits per heavy atom. The third kappa shape index (κ3) is 4.33. The highest BCUT2D eigenvalue weighted by atomic mass is 79.9. The number of carbonyl (C=O) groups is 1. The molecule has 1 amide bonds. The Kier molecular flexibility index (Phi) is 5.11. The maximum Gasteiger partial charge on any atom is 0.262 e. The van der Waals surface area contributed by atoms with Crippen LogP contribution in [0.25, 0.3) is 0 Å². The molecule has 0 bridgehead atoms. The van der Waals surface area contributed by atoms with Crippen molar-refractivity contribution in [2.75, 3.05) is 10.0 Å². The normalized spacial score (nSPS) is 11.1. The molecule has 2 rings (SSSR count). The summed E-state index contributed by atoms with van der Waals surface area (Å²) in [5, 5.41) is 2.66. The summed E-state index contributed by atoms with van der Waals surface area (Å²) in [6.45, 7) is 4.81. The van der Waals surface area contributed by atoms with Crippen LogP contribution >= 0.6 is 15.9 Å². The van der Waals surface area contributed by atoms with Crippen molar-refractivity contribution < 1.29 is 13.2 Å². The second-order valence-corrected chi connectivity index (χ2v) is 7.77. The molecular weight excluding hydrogens is 380 g/mol. The minimum Gasteiger partial charge on any atom is -0.326 e. The second kappa shape index (κ2) is 6.72. The first-order valence-corrected chi connectivity index (χ1v) is 9.14. The van der Waals surface area contributed by atoms with Gasteiger partial charge in [0.25, 0.3) is 10.0 Å². The summed E-state index contributed by atoms with van der Waals surface area (Å²) in [5.74, 6) is -0.201. The maximum atomic E-state index is 12.7. The van der Waals surface area contributed by atoms with Crippen LogP contribution in [0.1, 0.15) is 18.1 Å². The van der Waals surface area contributed by atoms with E-state index in [1.54, 1.807) is 50.2 Å². The molecule has 0 heterocycles. The van der Waals surface area contributed by atoms with E-state index in [0.29, 0.717) is 22.5 Å². The van der Waals surface area contributed by atoms with E-state index in [0.717, 1.165) is 4.47 Å². The molecule has 0 fully saturated rings. The van der Waals surface area contributed by atoms with Crippen LogP contribution in [0.15, 0.2) is 45.8 Å². The average molecular weight is 397 g/mol. The van der Waals surface area contributed by atoms with E-state index in [9.17, 15) is 13.2 Å². The lowest BCUT2D eigenvalue weighted by molar-refractivity contribution is -0.114. The lowest BCUT2D eigenvalue weighted by atomic mass is 10.1. The van der Waals surface area contributed by atoms with Gasteiger partial charge in [-0.2, -0.15) is 0 Å². The number of sulfonamides is 1. The van der Waals surface area contributed by atoms with Crippen molar-refractivity contribution >= 4 is 43.2 Å². The van der Waals surface area contributed by atoms with Gasteiger partial charge in [0.1, 0.15) is 0 Å². The van der Waals surface area contributed by atoms with Gasteiger partial charge in [0.15, 0.2) is 0 Å². The number of nitrogens with one attached hydrogen (secondary N) is 2. The van der Waals surface area contributed by atoms with Gasteiger partial charge in [-0.25, -0.2) is 8.42 Å². The van der Waals surface area contributed by atoms with Gasteiger partial charge in [-0.05, 0) is 61.4 Å². The molecule has 0 unspecified atom stereocenters. The minimum absolute atomic E-state index is 0.201. The Bertz CT molecular complexity index is 823. The van der Waals surface area contributed by atoms with Crippen LogP contribution < -0.4 is 10.0 Å². The molecule has 7 heteroatoms. The number of halogens is 1. The van der Waals surface area contributed by atoms with E-state index < -0.39 is 10.0 Å². The zero-order chi connectivity index (χ0) is 17.2. The molecule has 23 heavy (non-hydrogen) atoms. The first-order chi connectivity index (χ1) is 10.7. The monoisotopic (exact) mass is 396 g/mol. The fourth-order valence-electron chi connectivity index (χ4n) is 2.37. The molecule has 0 aliphatic rings. The summed E-state index contributed by atoms with van der Waals surface area (Å²) >= 11 is 3.31. The SMILES string of the molecule is CC(=O)Nc1cc(C)c(S(=O)(=O)Nc2ccc(Br)cc2)c(C)c1. The number of anilines is 2. The van der Waals surface area contributed by atoms with Gasteiger partial charge in [0.05, 0.1) is 4.90 Å². The Balaban J connectivity index is 2.39. The highest BCUT2D eigenvalue weighted by Gasteiger charge is 2.20. The lowest BCUT2D eigenvalue weighted by Gasteiger charge is -2.15. The summed E-state index contributed by atoms with van der Waals surface area (Å²) in [5.41, 5.74) is 2.20. The van der Waals surface area contributed by atoms with E-state index in [1.165, 1.54) is 6.92 Å². The number of hydrogen-bond donors (Lipinski definition) is 2. The molecular formula is C16H17BrN2O3S. The van der Waals surface area contributed by atoms with Gasteiger partial charge in [-0.3, -0.25) is 9.52 Å². The van der Waals surface area contributed by atoms with Crippen molar-refractivity contribution in [3.8, 4) is 0 Å². The second-order valence-electron chi connectivity index (χ2n) is 5.23. The van der Waals surface area contributed by atoms with Crippen LogP contribution in [-0.4, -0.2) is 14.3 Å². The van der Waals surface area contributed by atoms with Crippen molar-refractivity contribution in [1.29, 1.82) is 0 Å². The highest BCUT2D eigenvalue weighted by Crippen LogP contribution is 2.27. The molecule has 122 valence electrons. The largest absolute Gasteiger partial charge is 0.326 e. The topological polar surface area (TPSA) is 75.3 Å². The zero-order valence-electron chi connectivity index (χ0n) is 13.0. The molecule has 0 aliphatic heterocycles. The molecule has 0 aliphatic carbocycles. The quantitative estimate of drug-likeness (QED) is 0.824. The van der Waals surface area contributed by atoms with Crippen LogP contribution in [0.3, 0.4) is 0 Å². The van der Waals surface area contributed by atoms with Crippen LogP contribution in [0, 0.1) is 13.8 Å². The van der Waals surface area contributed by atoms with Crippen LogP contribution in [0.2, 0.25) is 0 Å². The number of hydrogen-bond acceptors (Lipinski definition) is 3. The van der Waals surface area contributed by atoms with E-state index in [2.05, 4.69) is 26.0 Å². The third-order valence-electron chi connectivity index (χ3n) is 3.15. The van der Waals surface area contributed by atoms with Gasteiger partial charge in [-0.15, -0.1) is 0 Å². The van der Waals surface area contributed by atoms with E-state index >= 15 is 0 Å². The highest BCUT2D eigenvalue weighted by molar-refractivity contribution is 9.10. The number of benzene rings is 2. The van der Waals surface area contributed by atoms with Crippen LogP contribution in [-0.2, 0) is 14.8 Å². The predicted molar refractivity (Wildman–Crippen MR) is 95.2 cm³/mol. The van der Waals surface area contributed by atoms with E-state index in [4.69, 9.17) is 0 Å². The summed E-state index contributed by atoms with van der Waals surface area (Å²) in [6.07, 6.45) is 0. The van der Waals surface area contributed by atoms with Crippen molar-refractivity contribution in [3.05, 3.63) is 52.0 Å². The number of carbonyl (C=O) groups excluding carboxylic acids is 1. The van der Waals surface area contributed by atoms with Gasteiger partial charge < -0.3 is 5.32 Å². The molecule has 0 atom stereocenters. The molecule has 5 nitrogen and oxygen atoms in total.